The smallest absolute Gasteiger partial charge is 0.410 e. The summed E-state index contributed by atoms with van der Waals surface area (Å²) in [5.74, 6) is 0.0941. The molecule has 2 amide bonds. The molecule has 1 aromatic carbocycles. The van der Waals surface area contributed by atoms with Crippen molar-refractivity contribution in [3.05, 3.63) is 39.8 Å². The number of carbonyl (C=O) groups excluding carboxylic acids is 1. The van der Waals surface area contributed by atoms with Crippen LogP contribution in [-0.2, 0) is 11.3 Å². The number of rotatable bonds is 7. The number of imidazole rings is 1. The Morgan fingerprint density at radius 2 is 2.08 bits per heavy atom. The Morgan fingerprint density at radius 1 is 1.31 bits per heavy atom. The van der Waals surface area contributed by atoms with E-state index in [9.17, 15) is 14.9 Å². The molecule has 1 fully saturated rings. The third kappa shape index (κ3) is 6.69. The molecular weight excluding hydrogens is 592 g/mol. The van der Waals surface area contributed by atoms with Crippen LogP contribution in [0.25, 0.3) is 11.2 Å². The van der Waals surface area contributed by atoms with E-state index < -0.39 is 23.3 Å². The first-order valence-corrected chi connectivity index (χ1v) is 13.3. The Labute approximate surface area is 238 Å². The van der Waals surface area contributed by atoms with Crippen molar-refractivity contribution in [3.63, 3.8) is 0 Å². The summed E-state index contributed by atoms with van der Waals surface area (Å²) in [7, 11) is 0. The summed E-state index contributed by atoms with van der Waals surface area (Å²) in [5.41, 5.74) is 1.21. The Hall–Kier alpha value is -3.63. The fourth-order valence-corrected chi connectivity index (χ4v) is 5.57. The number of carbonyl (C=O) groups is 2. The molecule has 14 heteroatoms. The van der Waals surface area contributed by atoms with Crippen molar-refractivity contribution in [2.24, 2.45) is 0 Å². The summed E-state index contributed by atoms with van der Waals surface area (Å²) in [6.07, 6.45) is 2.44. The number of nitrogens with one attached hydrogen (secondary N) is 2. The van der Waals surface area contributed by atoms with Gasteiger partial charge in [-0.3, -0.25) is 5.32 Å². The lowest BCUT2D eigenvalue weighted by Gasteiger charge is -2.32. The van der Waals surface area contributed by atoms with Gasteiger partial charge < -0.3 is 24.6 Å². The third-order valence-corrected chi connectivity index (χ3v) is 7.19. The normalized spacial score (nSPS) is 17.2. The molecule has 0 saturated carbocycles. The first kappa shape index (κ1) is 28.4. The highest BCUT2D eigenvalue weighted by Crippen LogP contribution is 2.38. The number of ether oxygens (including phenoxy) is 1. The van der Waals surface area contributed by atoms with E-state index in [0.717, 1.165) is 15.7 Å². The van der Waals surface area contributed by atoms with E-state index in [1.165, 1.54) is 6.33 Å². The Kier molecular flexibility index (Phi) is 8.17. The van der Waals surface area contributed by atoms with Gasteiger partial charge in [0.05, 0.1) is 24.5 Å². The lowest BCUT2D eigenvalue weighted by Crippen LogP contribution is -2.51. The van der Waals surface area contributed by atoms with Gasteiger partial charge in [0, 0.05) is 40.3 Å². The molecule has 0 radical (unpaired) electrons. The quantitative estimate of drug-likeness (QED) is 0.325. The first-order chi connectivity index (χ1) is 18.4. The van der Waals surface area contributed by atoms with Crippen LogP contribution in [0.2, 0.25) is 5.02 Å². The van der Waals surface area contributed by atoms with Gasteiger partial charge in [-0.05, 0) is 45.7 Å². The average Bonchev–Trinajstić information content (AvgIpc) is 3.43. The highest BCUT2D eigenvalue weighted by atomic mass is 79.9. The van der Waals surface area contributed by atoms with Crippen molar-refractivity contribution in [1.29, 1.82) is 5.26 Å². The predicted molar refractivity (Wildman–Crippen MR) is 149 cm³/mol. The first-order valence-electron chi connectivity index (χ1n) is 12.2. The standard InChI is InChI=1S/C25H28BrClN8O4/c1-24(2,3)39-23(38)33-25(5-4-7-28)6-8-34(12-25)18-10-15(27)9-17(26)16(18)11-35-14-31-19-20(32-22(36)37)29-13-30-21(19)35/h9-10,13-14H,4-6,8,11-12H2,1-3H3,(H,33,38)(H,36,37)(H,29,30,32). The van der Waals surface area contributed by atoms with Gasteiger partial charge >= 0.3 is 12.2 Å². The summed E-state index contributed by atoms with van der Waals surface area (Å²) in [6.45, 7) is 6.81. The van der Waals surface area contributed by atoms with Crippen LogP contribution in [0, 0.1) is 11.3 Å². The number of benzene rings is 1. The van der Waals surface area contributed by atoms with Crippen molar-refractivity contribution >= 4 is 62.4 Å². The Morgan fingerprint density at radius 3 is 2.77 bits per heavy atom. The fourth-order valence-electron chi connectivity index (χ4n) is 4.65. The summed E-state index contributed by atoms with van der Waals surface area (Å²) < 4.78 is 8.06. The lowest BCUT2D eigenvalue weighted by molar-refractivity contribution is 0.0460. The van der Waals surface area contributed by atoms with Crippen molar-refractivity contribution in [2.45, 2.75) is 57.7 Å². The van der Waals surface area contributed by atoms with E-state index in [4.69, 9.17) is 21.4 Å². The molecule has 3 heterocycles. The molecule has 206 valence electrons. The minimum atomic E-state index is -1.25. The highest BCUT2D eigenvalue weighted by Gasteiger charge is 2.41. The number of amides is 2. The van der Waals surface area contributed by atoms with Crippen molar-refractivity contribution < 1.29 is 19.4 Å². The largest absolute Gasteiger partial charge is 0.465 e. The molecule has 4 rings (SSSR count). The van der Waals surface area contributed by atoms with Gasteiger partial charge in [-0.2, -0.15) is 5.26 Å². The molecular formula is C25H28BrClN8O4. The number of hydrogen-bond donors (Lipinski definition) is 3. The van der Waals surface area contributed by atoms with Crippen molar-refractivity contribution in [1.82, 2.24) is 24.8 Å². The number of nitriles is 1. The molecule has 3 aromatic rings. The van der Waals surface area contributed by atoms with E-state index in [1.54, 1.807) is 37.7 Å². The Balaban J connectivity index is 1.66. The maximum Gasteiger partial charge on any atom is 0.410 e. The minimum Gasteiger partial charge on any atom is -0.465 e. The van der Waals surface area contributed by atoms with Crippen LogP contribution in [0.4, 0.5) is 21.1 Å². The minimum absolute atomic E-state index is 0.0941. The summed E-state index contributed by atoms with van der Waals surface area (Å²) >= 11 is 10.1. The van der Waals surface area contributed by atoms with Crippen LogP contribution in [0.3, 0.4) is 0 Å². The SMILES string of the molecule is CC(C)(C)OC(=O)NC1(CCC#N)CCN(c2cc(Cl)cc(Br)c2Cn2cnc3c(NC(=O)O)ncnc32)C1. The number of fused-ring (bicyclic) bond motifs is 1. The maximum atomic E-state index is 12.7. The maximum absolute atomic E-state index is 12.7. The van der Waals surface area contributed by atoms with Gasteiger partial charge in [0.1, 0.15) is 11.9 Å². The second kappa shape index (κ2) is 11.2. The van der Waals surface area contributed by atoms with Gasteiger partial charge in [-0.15, -0.1) is 0 Å². The number of alkyl carbamates (subject to hydrolysis) is 1. The number of aromatic nitrogens is 4. The van der Waals surface area contributed by atoms with Crippen LogP contribution < -0.4 is 15.5 Å². The van der Waals surface area contributed by atoms with Crippen LogP contribution in [0.5, 0.6) is 0 Å². The van der Waals surface area contributed by atoms with Crippen molar-refractivity contribution in [2.75, 3.05) is 23.3 Å². The number of hydrogen-bond acceptors (Lipinski definition) is 8. The zero-order valence-corrected chi connectivity index (χ0v) is 24.0. The predicted octanol–water partition coefficient (Wildman–Crippen LogP) is 5.16. The van der Waals surface area contributed by atoms with E-state index >= 15 is 0 Å². The molecule has 0 bridgehead atoms. The van der Waals surface area contributed by atoms with Gasteiger partial charge in [-0.25, -0.2) is 24.5 Å². The van der Waals surface area contributed by atoms with E-state index in [1.807, 2.05) is 6.07 Å². The summed E-state index contributed by atoms with van der Waals surface area (Å²) in [4.78, 5) is 38.6. The monoisotopic (exact) mass is 618 g/mol. The fraction of sp³-hybridized carbons (Fsp3) is 0.440. The summed E-state index contributed by atoms with van der Waals surface area (Å²) in [5, 5.41) is 24.2. The molecule has 39 heavy (non-hydrogen) atoms. The molecule has 1 aliphatic rings. The van der Waals surface area contributed by atoms with E-state index in [2.05, 4.69) is 52.5 Å². The van der Waals surface area contributed by atoms with Gasteiger partial charge in [0.25, 0.3) is 0 Å². The zero-order chi connectivity index (χ0) is 28.4. The second-order valence-electron chi connectivity index (χ2n) is 10.3. The lowest BCUT2D eigenvalue weighted by atomic mass is 9.93. The molecule has 0 aliphatic carbocycles. The molecule has 1 unspecified atom stereocenters. The number of anilines is 2. The molecule has 1 aliphatic heterocycles. The molecule has 3 N–H and O–H groups in total. The molecule has 2 aromatic heterocycles. The van der Waals surface area contributed by atoms with Crippen LogP contribution >= 0.6 is 27.5 Å². The van der Waals surface area contributed by atoms with Gasteiger partial charge in [-0.1, -0.05) is 27.5 Å². The third-order valence-electron chi connectivity index (χ3n) is 6.27. The number of nitrogens with zero attached hydrogens (tertiary/aromatic N) is 6. The molecule has 0 spiro atoms. The molecule has 1 saturated heterocycles. The van der Waals surface area contributed by atoms with Crippen LogP contribution in [0.15, 0.2) is 29.3 Å². The van der Waals surface area contributed by atoms with E-state index in [-0.39, 0.29) is 12.2 Å². The number of carboxylic acid groups (broad SMARTS) is 1. The van der Waals surface area contributed by atoms with Crippen LogP contribution in [-0.4, -0.2) is 61.0 Å². The van der Waals surface area contributed by atoms with Crippen LogP contribution in [0.1, 0.15) is 45.6 Å². The molecule has 12 nitrogen and oxygen atoms in total. The summed E-state index contributed by atoms with van der Waals surface area (Å²) in [6, 6.07) is 5.84. The zero-order valence-electron chi connectivity index (χ0n) is 21.7. The van der Waals surface area contributed by atoms with Gasteiger partial charge in [0.15, 0.2) is 17.0 Å². The second-order valence-corrected chi connectivity index (χ2v) is 11.6. The number of halogens is 2. The van der Waals surface area contributed by atoms with Gasteiger partial charge in [0.2, 0.25) is 0 Å². The molecule has 1 atom stereocenters. The highest BCUT2D eigenvalue weighted by molar-refractivity contribution is 9.10. The topological polar surface area (TPSA) is 158 Å². The van der Waals surface area contributed by atoms with E-state index in [0.29, 0.717) is 48.7 Å². The Bertz CT molecular complexity index is 1450. The van der Waals surface area contributed by atoms with Crippen molar-refractivity contribution in [3.8, 4) is 6.07 Å². The average molecular weight is 620 g/mol.